The van der Waals surface area contributed by atoms with Gasteiger partial charge in [0.15, 0.2) is 0 Å². The van der Waals surface area contributed by atoms with Crippen molar-refractivity contribution in [2.75, 3.05) is 11.9 Å². The molecule has 0 aromatic heterocycles. The van der Waals surface area contributed by atoms with Crippen LogP contribution < -0.4 is 10.6 Å². The second-order valence-corrected chi connectivity index (χ2v) is 4.55. The SMILES string of the molecule is CC1CCC(C(=O)Nc2ccccc2F)CN1. The number of amides is 1. The van der Waals surface area contributed by atoms with Gasteiger partial charge in [-0.3, -0.25) is 4.79 Å². The first-order valence-electron chi connectivity index (χ1n) is 5.95. The highest BCUT2D eigenvalue weighted by atomic mass is 19.1. The van der Waals surface area contributed by atoms with Crippen molar-refractivity contribution in [3.63, 3.8) is 0 Å². The number of anilines is 1. The van der Waals surface area contributed by atoms with Gasteiger partial charge in [-0.15, -0.1) is 0 Å². The van der Waals surface area contributed by atoms with Gasteiger partial charge < -0.3 is 10.6 Å². The molecule has 2 atom stereocenters. The summed E-state index contributed by atoms with van der Waals surface area (Å²) in [6, 6.07) is 6.70. The fourth-order valence-corrected chi connectivity index (χ4v) is 2.02. The number of rotatable bonds is 2. The zero-order valence-electron chi connectivity index (χ0n) is 9.87. The van der Waals surface area contributed by atoms with E-state index in [1.165, 1.54) is 6.07 Å². The van der Waals surface area contributed by atoms with Gasteiger partial charge in [-0.2, -0.15) is 0 Å². The molecule has 0 bridgehead atoms. The lowest BCUT2D eigenvalue weighted by Gasteiger charge is -2.26. The van der Waals surface area contributed by atoms with Gasteiger partial charge in [0.05, 0.1) is 11.6 Å². The summed E-state index contributed by atoms with van der Waals surface area (Å²) in [6.07, 6.45) is 1.84. The van der Waals surface area contributed by atoms with Gasteiger partial charge in [0.1, 0.15) is 5.82 Å². The highest BCUT2D eigenvalue weighted by Crippen LogP contribution is 2.18. The Labute approximate surface area is 100 Å². The van der Waals surface area contributed by atoms with Crippen molar-refractivity contribution in [1.29, 1.82) is 0 Å². The monoisotopic (exact) mass is 236 g/mol. The van der Waals surface area contributed by atoms with E-state index in [2.05, 4.69) is 17.6 Å². The highest BCUT2D eigenvalue weighted by molar-refractivity contribution is 5.92. The number of hydrogen-bond acceptors (Lipinski definition) is 2. The third kappa shape index (κ3) is 3.03. The second kappa shape index (κ2) is 5.27. The summed E-state index contributed by atoms with van der Waals surface area (Å²) in [4.78, 5) is 11.9. The van der Waals surface area contributed by atoms with E-state index in [1.54, 1.807) is 18.2 Å². The van der Waals surface area contributed by atoms with Gasteiger partial charge in [0.2, 0.25) is 5.91 Å². The quantitative estimate of drug-likeness (QED) is 0.826. The molecule has 1 aromatic carbocycles. The molecule has 2 N–H and O–H groups in total. The molecular weight excluding hydrogens is 219 g/mol. The van der Waals surface area contributed by atoms with Gasteiger partial charge in [0.25, 0.3) is 0 Å². The molecule has 1 aliphatic heterocycles. The lowest BCUT2D eigenvalue weighted by Crippen LogP contribution is -2.41. The molecule has 2 rings (SSSR count). The van der Waals surface area contributed by atoms with E-state index in [0.29, 0.717) is 12.6 Å². The third-order valence-corrected chi connectivity index (χ3v) is 3.16. The van der Waals surface area contributed by atoms with Crippen molar-refractivity contribution >= 4 is 11.6 Å². The van der Waals surface area contributed by atoms with Crippen LogP contribution in [0.2, 0.25) is 0 Å². The number of piperidine rings is 1. The maximum Gasteiger partial charge on any atom is 0.228 e. The zero-order chi connectivity index (χ0) is 12.3. The highest BCUT2D eigenvalue weighted by Gasteiger charge is 2.24. The molecule has 1 amide bonds. The van der Waals surface area contributed by atoms with Gasteiger partial charge >= 0.3 is 0 Å². The van der Waals surface area contributed by atoms with E-state index >= 15 is 0 Å². The average Bonchev–Trinajstić information content (AvgIpc) is 2.33. The molecule has 3 nitrogen and oxygen atoms in total. The Bertz CT molecular complexity index is 400. The lowest BCUT2D eigenvalue weighted by atomic mass is 9.95. The number of benzene rings is 1. The molecule has 92 valence electrons. The molecule has 0 spiro atoms. The summed E-state index contributed by atoms with van der Waals surface area (Å²) in [5.41, 5.74) is 0.260. The minimum Gasteiger partial charge on any atom is -0.323 e. The van der Waals surface area contributed by atoms with Crippen LogP contribution in [0.3, 0.4) is 0 Å². The Morgan fingerprint density at radius 1 is 1.41 bits per heavy atom. The zero-order valence-corrected chi connectivity index (χ0v) is 9.87. The van der Waals surface area contributed by atoms with E-state index in [9.17, 15) is 9.18 Å². The van der Waals surface area contributed by atoms with Crippen LogP contribution in [0.4, 0.5) is 10.1 Å². The molecule has 17 heavy (non-hydrogen) atoms. The molecule has 1 aromatic rings. The van der Waals surface area contributed by atoms with Crippen LogP contribution in [0, 0.1) is 11.7 Å². The van der Waals surface area contributed by atoms with Gasteiger partial charge in [0, 0.05) is 12.6 Å². The fourth-order valence-electron chi connectivity index (χ4n) is 2.02. The van der Waals surface area contributed by atoms with Gasteiger partial charge in [-0.1, -0.05) is 12.1 Å². The molecule has 4 heteroatoms. The van der Waals surface area contributed by atoms with Crippen molar-refractivity contribution in [3.8, 4) is 0 Å². The smallest absolute Gasteiger partial charge is 0.228 e. The normalized spacial score (nSPS) is 24.4. The predicted octanol–water partition coefficient (Wildman–Crippen LogP) is 2.15. The van der Waals surface area contributed by atoms with Crippen LogP contribution in [0.25, 0.3) is 0 Å². The van der Waals surface area contributed by atoms with E-state index < -0.39 is 5.82 Å². The molecule has 1 fully saturated rings. The van der Waals surface area contributed by atoms with Gasteiger partial charge in [-0.25, -0.2) is 4.39 Å². The van der Waals surface area contributed by atoms with Crippen LogP contribution in [0.5, 0.6) is 0 Å². The summed E-state index contributed by atoms with van der Waals surface area (Å²) < 4.78 is 13.3. The lowest BCUT2D eigenvalue weighted by molar-refractivity contribution is -0.120. The minimum absolute atomic E-state index is 0.0641. The Morgan fingerprint density at radius 3 is 2.82 bits per heavy atom. The molecule has 1 saturated heterocycles. The summed E-state index contributed by atoms with van der Waals surface area (Å²) in [5.74, 6) is -0.557. The van der Waals surface area contributed by atoms with Crippen LogP contribution in [0.15, 0.2) is 24.3 Å². The second-order valence-electron chi connectivity index (χ2n) is 4.55. The van der Waals surface area contributed by atoms with E-state index in [0.717, 1.165) is 12.8 Å². The molecule has 0 saturated carbocycles. The van der Waals surface area contributed by atoms with E-state index in [4.69, 9.17) is 0 Å². The summed E-state index contributed by atoms with van der Waals surface area (Å²) >= 11 is 0. The van der Waals surface area contributed by atoms with Crippen molar-refractivity contribution in [3.05, 3.63) is 30.1 Å². The van der Waals surface area contributed by atoms with Crippen molar-refractivity contribution in [2.24, 2.45) is 5.92 Å². The standard InChI is InChI=1S/C13H17FN2O/c1-9-6-7-10(8-15-9)13(17)16-12-5-3-2-4-11(12)14/h2-5,9-10,15H,6-8H2,1H3,(H,16,17). The maximum atomic E-state index is 13.3. The number of carbonyl (C=O) groups excluding carboxylic acids is 1. The summed E-state index contributed by atoms with van der Waals surface area (Å²) in [7, 11) is 0. The number of halogens is 1. The molecule has 1 heterocycles. The number of nitrogens with one attached hydrogen (secondary N) is 2. The average molecular weight is 236 g/mol. The van der Waals surface area contributed by atoms with E-state index in [-0.39, 0.29) is 17.5 Å². The van der Waals surface area contributed by atoms with E-state index in [1.807, 2.05) is 0 Å². The van der Waals surface area contributed by atoms with Crippen molar-refractivity contribution in [2.45, 2.75) is 25.8 Å². The molecule has 2 unspecified atom stereocenters. The molecule has 0 aliphatic carbocycles. The first-order valence-corrected chi connectivity index (χ1v) is 5.95. The summed E-state index contributed by atoms with van der Waals surface area (Å²) in [5, 5.41) is 5.90. The minimum atomic E-state index is -0.391. The number of para-hydroxylation sites is 1. The van der Waals surface area contributed by atoms with Crippen LogP contribution in [-0.2, 0) is 4.79 Å². The Balaban J connectivity index is 1.95. The van der Waals surface area contributed by atoms with Gasteiger partial charge in [-0.05, 0) is 31.9 Å². The largest absolute Gasteiger partial charge is 0.323 e. The molecule has 1 aliphatic rings. The topological polar surface area (TPSA) is 41.1 Å². The fraction of sp³-hybridized carbons (Fsp3) is 0.462. The Hall–Kier alpha value is -1.42. The number of carbonyl (C=O) groups is 1. The molecular formula is C13H17FN2O. The maximum absolute atomic E-state index is 13.3. The first kappa shape index (κ1) is 12.0. The van der Waals surface area contributed by atoms with Crippen molar-refractivity contribution in [1.82, 2.24) is 5.32 Å². The Kier molecular flexibility index (Phi) is 3.74. The number of hydrogen-bond donors (Lipinski definition) is 2. The first-order chi connectivity index (χ1) is 8.16. The molecule has 0 radical (unpaired) electrons. The predicted molar refractivity (Wildman–Crippen MR) is 65.2 cm³/mol. The van der Waals surface area contributed by atoms with Crippen LogP contribution >= 0.6 is 0 Å². The summed E-state index contributed by atoms with van der Waals surface area (Å²) in [6.45, 7) is 2.77. The van der Waals surface area contributed by atoms with Crippen LogP contribution in [0.1, 0.15) is 19.8 Å². The third-order valence-electron chi connectivity index (χ3n) is 3.16. The van der Waals surface area contributed by atoms with Crippen molar-refractivity contribution < 1.29 is 9.18 Å². The van der Waals surface area contributed by atoms with Crippen LogP contribution in [-0.4, -0.2) is 18.5 Å². The Morgan fingerprint density at radius 2 is 2.18 bits per heavy atom.